The van der Waals surface area contributed by atoms with E-state index in [0.29, 0.717) is 6.61 Å². The van der Waals surface area contributed by atoms with Crippen LogP contribution in [-0.2, 0) is 6.61 Å². The molecule has 4 nitrogen and oxygen atoms in total. The lowest BCUT2D eigenvalue weighted by atomic mass is 9.95. The molecule has 30 heavy (non-hydrogen) atoms. The summed E-state index contributed by atoms with van der Waals surface area (Å²) in [6, 6.07) is 27.2. The van der Waals surface area contributed by atoms with Crippen molar-refractivity contribution in [3.63, 3.8) is 0 Å². The van der Waals surface area contributed by atoms with Gasteiger partial charge in [0, 0.05) is 30.8 Å². The summed E-state index contributed by atoms with van der Waals surface area (Å²) in [5.74, 6) is 1.84. The summed E-state index contributed by atoms with van der Waals surface area (Å²) in [6.07, 6.45) is 1.12. The van der Waals surface area contributed by atoms with E-state index in [0.717, 1.165) is 44.1 Å². The van der Waals surface area contributed by atoms with Crippen molar-refractivity contribution in [2.75, 3.05) is 33.3 Å². The Labute approximate surface area is 179 Å². The minimum absolute atomic E-state index is 0.0769. The van der Waals surface area contributed by atoms with Gasteiger partial charge < -0.3 is 14.8 Å². The molecule has 3 aromatic carbocycles. The van der Waals surface area contributed by atoms with E-state index in [2.05, 4.69) is 52.7 Å². The van der Waals surface area contributed by atoms with E-state index in [-0.39, 0.29) is 6.04 Å². The lowest BCUT2D eigenvalue weighted by molar-refractivity contribution is 0.226. The molecule has 0 spiro atoms. The van der Waals surface area contributed by atoms with Crippen LogP contribution in [0.3, 0.4) is 0 Å². The third kappa shape index (κ3) is 4.84. The molecule has 0 saturated carbocycles. The number of rotatable bonds is 7. The standard InChI is InChI=1S/C26H30N2O2/c1-29-24-14-7-5-12-22(24)26(28-18-9-16-27-17-19-28)23-13-6-8-15-25(23)30-20-21-10-3-2-4-11-21/h2-8,10-15,26-27H,9,16-20H2,1H3. The first-order valence-corrected chi connectivity index (χ1v) is 10.7. The fourth-order valence-corrected chi connectivity index (χ4v) is 4.15. The molecule has 0 radical (unpaired) electrons. The normalized spacial score (nSPS) is 15.9. The first-order valence-electron chi connectivity index (χ1n) is 10.7. The molecule has 1 aliphatic heterocycles. The number of nitrogens with zero attached hydrogens (tertiary/aromatic N) is 1. The van der Waals surface area contributed by atoms with E-state index >= 15 is 0 Å². The number of para-hydroxylation sites is 2. The molecule has 3 aromatic rings. The van der Waals surface area contributed by atoms with Gasteiger partial charge in [-0.05, 0) is 30.7 Å². The molecule has 0 amide bonds. The highest BCUT2D eigenvalue weighted by Gasteiger charge is 2.28. The Kier molecular flexibility index (Phi) is 7.01. The van der Waals surface area contributed by atoms with E-state index in [1.807, 2.05) is 36.4 Å². The van der Waals surface area contributed by atoms with Crippen LogP contribution in [0, 0.1) is 0 Å². The minimum atomic E-state index is 0.0769. The summed E-state index contributed by atoms with van der Waals surface area (Å²) in [5, 5.41) is 3.52. The van der Waals surface area contributed by atoms with Crippen molar-refractivity contribution in [2.24, 2.45) is 0 Å². The highest BCUT2D eigenvalue weighted by Crippen LogP contribution is 2.39. The van der Waals surface area contributed by atoms with Crippen LogP contribution in [0.2, 0.25) is 0 Å². The van der Waals surface area contributed by atoms with Crippen LogP contribution in [0.5, 0.6) is 11.5 Å². The topological polar surface area (TPSA) is 33.7 Å². The summed E-state index contributed by atoms with van der Waals surface area (Å²) in [5.41, 5.74) is 3.53. The van der Waals surface area contributed by atoms with Crippen molar-refractivity contribution in [1.29, 1.82) is 0 Å². The van der Waals surface area contributed by atoms with E-state index in [4.69, 9.17) is 9.47 Å². The van der Waals surface area contributed by atoms with Crippen LogP contribution in [0.25, 0.3) is 0 Å². The zero-order valence-electron chi connectivity index (χ0n) is 17.6. The first-order chi connectivity index (χ1) is 14.9. The van der Waals surface area contributed by atoms with Gasteiger partial charge in [-0.25, -0.2) is 0 Å². The number of methoxy groups -OCH3 is 1. The molecule has 1 saturated heterocycles. The molecule has 1 aliphatic rings. The second-order valence-electron chi connectivity index (χ2n) is 7.60. The summed E-state index contributed by atoms with van der Waals surface area (Å²) in [6.45, 7) is 4.61. The van der Waals surface area contributed by atoms with Crippen LogP contribution in [0.1, 0.15) is 29.2 Å². The van der Waals surface area contributed by atoms with E-state index in [1.54, 1.807) is 7.11 Å². The Bertz CT molecular complexity index is 921. The second-order valence-corrected chi connectivity index (χ2v) is 7.60. The third-order valence-corrected chi connectivity index (χ3v) is 5.62. The van der Waals surface area contributed by atoms with Crippen molar-refractivity contribution in [3.8, 4) is 11.5 Å². The summed E-state index contributed by atoms with van der Waals surface area (Å²) >= 11 is 0. The van der Waals surface area contributed by atoms with Gasteiger partial charge in [0.25, 0.3) is 0 Å². The molecule has 4 rings (SSSR count). The molecule has 1 unspecified atom stereocenters. The average molecular weight is 403 g/mol. The second kappa shape index (κ2) is 10.3. The number of benzene rings is 3. The zero-order valence-corrected chi connectivity index (χ0v) is 17.6. The Balaban J connectivity index is 1.71. The smallest absolute Gasteiger partial charge is 0.124 e. The molecule has 1 atom stereocenters. The monoisotopic (exact) mass is 402 g/mol. The molecular formula is C26H30N2O2. The van der Waals surface area contributed by atoms with Gasteiger partial charge in [-0.1, -0.05) is 66.7 Å². The van der Waals surface area contributed by atoms with Gasteiger partial charge >= 0.3 is 0 Å². The third-order valence-electron chi connectivity index (χ3n) is 5.62. The number of hydrogen-bond donors (Lipinski definition) is 1. The van der Waals surface area contributed by atoms with Gasteiger partial charge in [0.15, 0.2) is 0 Å². The van der Waals surface area contributed by atoms with Crippen LogP contribution in [-0.4, -0.2) is 38.2 Å². The molecule has 156 valence electrons. The van der Waals surface area contributed by atoms with Crippen LogP contribution >= 0.6 is 0 Å². The van der Waals surface area contributed by atoms with Gasteiger partial charge in [0.05, 0.1) is 13.2 Å². The van der Waals surface area contributed by atoms with Crippen LogP contribution in [0.4, 0.5) is 0 Å². The fraction of sp³-hybridized carbons (Fsp3) is 0.308. The molecule has 1 fully saturated rings. The molecule has 0 aromatic heterocycles. The fourth-order valence-electron chi connectivity index (χ4n) is 4.15. The predicted octanol–water partition coefficient (Wildman–Crippen LogP) is 4.66. The van der Waals surface area contributed by atoms with Crippen molar-refractivity contribution < 1.29 is 9.47 Å². The van der Waals surface area contributed by atoms with E-state index < -0.39 is 0 Å². The van der Waals surface area contributed by atoms with Crippen molar-refractivity contribution in [3.05, 3.63) is 95.6 Å². The SMILES string of the molecule is COc1ccccc1C(c1ccccc1OCc1ccccc1)N1CCCNCC1. The Morgan fingerprint density at radius 3 is 2.23 bits per heavy atom. The molecular weight excluding hydrogens is 372 g/mol. The quantitative estimate of drug-likeness (QED) is 0.623. The maximum Gasteiger partial charge on any atom is 0.124 e. The Hall–Kier alpha value is -2.82. The molecule has 4 heteroatoms. The lowest BCUT2D eigenvalue weighted by Crippen LogP contribution is -2.33. The largest absolute Gasteiger partial charge is 0.496 e. The van der Waals surface area contributed by atoms with E-state index in [9.17, 15) is 0 Å². The van der Waals surface area contributed by atoms with E-state index in [1.165, 1.54) is 16.7 Å². The van der Waals surface area contributed by atoms with Crippen LogP contribution < -0.4 is 14.8 Å². The van der Waals surface area contributed by atoms with Crippen molar-refractivity contribution >= 4 is 0 Å². The number of hydrogen-bond acceptors (Lipinski definition) is 4. The summed E-state index contributed by atoms with van der Waals surface area (Å²) < 4.78 is 12.1. The number of ether oxygens (including phenoxy) is 2. The first kappa shape index (κ1) is 20.5. The maximum atomic E-state index is 6.34. The van der Waals surface area contributed by atoms with Gasteiger partial charge in [-0.2, -0.15) is 0 Å². The van der Waals surface area contributed by atoms with Crippen LogP contribution in [0.15, 0.2) is 78.9 Å². The van der Waals surface area contributed by atoms with Crippen molar-refractivity contribution in [1.82, 2.24) is 10.2 Å². The highest BCUT2D eigenvalue weighted by atomic mass is 16.5. The van der Waals surface area contributed by atoms with Gasteiger partial charge in [0.1, 0.15) is 18.1 Å². The Morgan fingerprint density at radius 1 is 0.800 bits per heavy atom. The maximum absolute atomic E-state index is 6.34. The molecule has 1 N–H and O–H groups in total. The summed E-state index contributed by atoms with van der Waals surface area (Å²) in [4.78, 5) is 2.54. The van der Waals surface area contributed by atoms with Gasteiger partial charge in [-0.15, -0.1) is 0 Å². The highest BCUT2D eigenvalue weighted by molar-refractivity contribution is 5.47. The minimum Gasteiger partial charge on any atom is -0.496 e. The number of nitrogens with one attached hydrogen (secondary N) is 1. The Morgan fingerprint density at radius 2 is 1.47 bits per heavy atom. The van der Waals surface area contributed by atoms with Gasteiger partial charge in [-0.3, -0.25) is 4.90 Å². The molecule has 1 heterocycles. The molecule has 0 aliphatic carbocycles. The molecule has 0 bridgehead atoms. The predicted molar refractivity (Wildman–Crippen MR) is 121 cm³/mol. The van der Waals surface area contributed by atoms with Gasteiger partial charge in [0.2, 0.25) is 0 Å². The zero-order chi connectivity index (χ0) is 20.6. The lowest BCUT2D eigenvalue weighted by Gasteiger charge is -2.33. The van der Waals surface area contributed by atoms with Crippen molar-refractivity contribution in [2.45, 2.75) is 19.1 Å². The average Bonchev–Trinajstić information content (AvgIpc) is 3.09. The summed E-state index contributed by atoms with van der Waals surface area (Å²) in [7, 11) is 1.75.